The number of carbonyl (C=O) groups is 2. The Kier molecular flexibility index (Phi) is 4.89. The Morgan fingerprint density at radius 1 is 1.04 bits per heavy atom. The lowest BCUT2D eigenvalue weighted by Gasteiger charge is -2.27. The minimum atomic E-state index is -0.701. The lowest BCUT2D eigenvalue weighted by Crippen LogP contribution is -2.41. The molecule has 0 spiro atoms. The van der Waals surface area contributed by atoms with Crippen molar-refractivity contribution in [3.05, 3.63) is 65.2 Å². The fourth-order valence-corrected chi connectivity index (χ4v) is 2.85. The first-order valence-electron chi connectivity index (χ1n) is 8.61. The highest BCUT2D eigenvalue weighted by atomic mass is 16.6. The number of benzene rings is 2. The van der Waals surface area contributed by atoms with Crippen LogP contribution >= 0.6 is 0 Å². The maximum Gasteiger partial charge on any atom is 0.422 e. The molecule has 3 rings (SSSR count). The Balaban J connectivity index is 2.04. The van der Waals surface area contributed by atoms with Gasteiger partial charge in [0.1, 0.15) is 5.60 Å². The van der Waals surface area contributed by atoms with Crippen molar-refractivity contribution in [2.45, 2.75) is 32.8 Å². The molecule has 1 heterocycles. The molecule has 0 unspecified atom stereocenters. The van der Waals surface area contributed by atoms with Crippen LogP contribution < -0.4 is 4.90 Å². The summed E-state index contributed by atoms with van der Waals surface area (Å²) < 4.78 is 5.48. The van der Waals surface area contributed by atoms with Gasteiger partial charge >= 0.3 is 6.09 Å². The number of hydrogen-bond acceptors (Lipinski definition) is 4. The molecular formula is C21H22N2O3. The Morgan fingerprint density at radius 3 is 2.46 bits per heavy atom. The van der Waals surface area contributed by atoms with Crippen molar-refractivity contribution in [1.82, 2.24) is 0 Å². The Bertz CT molecular complexity index is 851. The second kappa shape index (κ2) is 7.12. The van der Waals surface area contributed by atoms with E-state index >= 15 is 0 Å². The first-order valence-corrected chi connectivity index (χ1v) is 8.61. The normalized spacial score (nSPS) is 13.0. The average molecular weight is 350 g/mol. The number of hydrogen-bond donors (Lipinski definition) is 0. The molecule has 0 atom stereocenters. The van der Waals surface area contributed by atoms with Gasteiger partial charge in [-0.15, -0.1) is 0 Å². The number of fused-ring (bicyclic) bond motifs is 1. The van der Waals surface area contributed by atoms with Crippen LogP contribution in [0, 0.1) is 0 Å². The zero-order valence-corrected chi connectivity index (χ0v) is 15.2. The second-order valence-corrected chi connectivity index (χ2v) is 7.12. The van der Waals surface area contributed by atoms with Gasteiger partial charge in [0.15, 0.2) is 0 Å². The predicted octanol–water partition coefficient (Wildman–Crippen LogP) is 4.24. The first-order chi connectivity index (χ1) is 12.4. The van der Waals surface area contributed by atoms with Gasteiger partial charge in [-0.25, -0.2) is 9.69 Å². The number of nitrogens with zero attached hydrogens (tertiary/aromatic N) is 2. The lowest BCUT2D eigenvalue weighted by molar-refractivity contribution is 0.0564. The van der Waals surface area contributed by atoms with E-state index in [1.807, 2.05) is 18.2 Å². The second-order valence-electron chi connectivity index (χ2n) is 7.12. The number of para-hydroxylation sites is 1. The van der Waals surface area contributed by atoms with Gasteiger partial charge in [0.05, 0.1) is 5.69 Å². The van der Waals surface area contributed by atoms with Gasteiger partial charge in [0.25, 0.3) is 5.91 Å². The van der Waals surface area contributed by atoms with Gasteiger partial charge in [0.2, 0.25) is 0 Å². The minimum absolute atomic E-state index is 0.391. The molecule has 2 aromatic rings. The molecule has 1 aliphatic rings. The first kappa shape index (κ1) is 17.9. The Hall–Kier alpha value is -2.95. The number of aliphatic imine (C=N–C) groups is 1. The van der Waals surface area contributed by atoms with Crippen molar-refractivity contribution in [1.29, 1.82) is 0 Å². The van der Waals surface area contributed by atoms with Gasteiger partial charge in [-0.3, -0.25) is 9.79 Å². The molecule has 0 N–H and O–H groups in total. The van der Waals surface area contributed by atoms with E-state index < -0.39 is 17.6 Å². The number of anilines is 1. The fourth-order valence-electron chi connectivity index (χ4n) is 2.85. The van der Waals surface area contributed by atoms with Gasteiger partial charge in [-0.2, -0.15) is 0 Å². The lowest BCUT2D eigenvalue weighted by atomic mass is 9.96. The molecule has 1 aliphatic heterocycles. The van der Waals surface area contributed by atoms with E-state index in [9.17, 15) is 9.59 Å². The summed E-state index contributed by atoms with van der Waals surface area (Å²) in [6, 6.07) is 14.3. The number of amides is 2. The Labute approximate surface area is 153 Å². The van der Waals surface area contributed by atoms with Crippen LogP contribution in [0.1, 0.15) is 42.3 Å². The number of imide groups is 1. The fraction of sp³-hybridized carbons (Fsp3) is 0.286. The zero-order chi connectivity index (χ0) is 18.7. The molecule has 5 heteroatoms. The zero-order valence-electron chi connectivity index (χ0n) is 15.2. The standard InChI is InChI=1S/C21H22N2O3/c1-21(2,3)26-20(25)23(16-9-5-4-6-10-16)19(24)18-11-7-8-15-14-22-13-12-17(15)18/h4-11,14H,12-13H2,1-3H3. The number of carbonyl (C=O) groups excluding carboxylic acids is 2. The maximum atomic E-state index is 13.3. The van der Waals surface area contributed by atoms with Crippen LogP contribution in [0.5, 0.6) is 0 Å². The van der Waals surface area contributed by atoms with Crippen LogP contribution in [0.3, 0.4) is 0 Å². The van der Waals surface area contributed by atoms with Crippen LogP contribution in [-0.4, -0.2) is 30.4 Å². The summed E-state index contributed by atoms with van der Waals surface area (Å²) in [4.78, 5) is 31.5. The predicted molar refractivity (Wildman–Crippen MR) is 102 cm³/mol. The summed E-state index contributed by atoms with van der Waals surface area (Å²) in [6.45, 7) is 5.97. The molecule has 0 fully saturated rings. The van der Waals surface area contributed by atoms with Crippen LogP contribution in [0.25, 0.3) is 0 Å². The van der Waals surface area contributed by atoms with Crippen LogP contribution in [-0.2, 0) is 11.2 Å². The van der Waals surface area contributed by atoms with Crippen molar-refractivity contribution < 1.29 is 14.3 Å². The molecule has 0 saturated heterocycles. The smallest absolute Gasteiger partial charge is 0.422 e. The number of rotatable bonds is 2. The molecule has 0 radical (unpaired) electrons. The topological polar surface area (TPSA) is 59.0 Å². The highest BCUT2D eigenvalue weighted by Crippen LogP contribution is 2.24. The summed E-state index contributed by atoms with van der Waals surface area (Å²) in [6.07, 6.45) is 1.76. The minimum Gasteiger partial charge on any atom is -0.443 e. The summed E-state index contributed by atoms with van der Waals surface area (Å²) in [5.74, 6) is -0.391. The van der Waals surface area contributed by atoms with Crippen molar-refractivity contribution >= 4 is 23.9 Å². The highest BCUT2D eigenvalue weighted by molar-refractivity contribution is 6.20. The summed E-state index contributed by atoms with van der Waals surface area (Å²) in [5.41, 5.74) is 2.11. The largest absolute Gasteiger partial charge is 0.443 e. The van der Waals surface area contributed by atoms with E-state index in [4.69, 9.17) is 4.74 Å². The molecule has 0 aromatic heterocycles. The third-order valence-corrected chi connectivity index (χ3v) is 3.96. The van der Waals surface area contributed by atoms with E-state index in [2.05, 4.69) is 4.99 Å². The van der Waals surface area contributed by atoms with Gasteiger partial charge in [-0.05, 0) is 56.5 Å². The van der Waals surface area contributed by atoms with Gasteiger partial charge < -0.3 is 4.74 Å². The Morgan fingerprint density at radius 2 is 1.77 bits per heavy atom. The monoisotopic (exact) mass is 350 g/mol. The van der Waals surface area contributed by atoms with Gasteiger partial charge in [-0.1, -0.05) is 30.3 Å². The molecule has 2 aromatic carbocycles. The summed E-state index contributed by atoms with van der Waals surface area (Å²) in [5, 5.41) is 0. The average Bonchev–Trinajstić information content (AvgIpc) is 2.60. The molecule has 5 nitrogen and oxygen atoms in total. The van der Waals surface area contributed by atoms with E-state index in [0.717, 1.165) is 16.0 Å². The van der Waals surface area contributed by atoms with E-state index in [1.165, 1.54) is 0 Å². The molecule has 134 valence electrons. The van der Waals surface area contributed by atoms with Crippen LogP contribution in [0.15, 0.2) is 53.5 Å². The van der Waals surface area contributed by atoms with E-state index in [-0.39, 0.29) is 0 Å². The maximum absolute atomic E-state index is 13.3. The molecular weight excluding hydrogens is 328 g/mol. The third-order valence-electron chi connectivity index (χ3n) is 3.96. The third kappa shape index (κ3) is 3.82. The summed E-state index contributed by atoms with van der Waals surface area (Å²) >= 11 is 0. The van der Waals surface area contributed by atoms with Gasteiger partial charge in [0, 0.05) is 18.3 Å². The van der Waals surface area contributed by atoms with Crippen molar-refractivity contribution in [3.8, 4) is 0 Å². The van der Waals surface area contributed by atoms with Crippen molar-refractivity contribution in [2.75, 3.05) is 11.4 Å². The van der Waals surface area contributed by atoms with Crippen molar-refractivity contribution in [2.24, 2.45) is 4.99 Å². The molecule has 2 amide bonds. The quantitative estimate of drug-likeness (QED) is 0.814. The molecule has 0 saturated carbocycles. The molecule has 0 bridgehead atoms. The number of ether oxygens (including phenoxy) is 1. The van der Waals surface area contributed by atoms with E-state index in [0.29, 0.717) is 24.2 Å². The van der Waals surface area contributed by atoms with Crippen molar-refractivity contribution in [3.63, 3.8) is 0 Å². The van der Waals surface area contributed by atoms with Crippen LogP contribution in [0.2, 0.25) is 0 Å². The van der Waals surface area contributed by atoms with Crippen LogP contribution in [0.4, 0.5) is 10.5 Å². The SMILES string of the molecule is CC(C)(C)OC(=O)N(C(=O)c1cccc2c1CCN=C2)c1ccccc1. The highest BCUT2D eigenvalue weighted by Gasteiger charge is 2.31. The summed E-state index contributed by atoms with van der Waals surface area (Å²) in [7, 11) is 0. The molecule has 0 aliphatic carbocycles. The molecule has 26 heavy (non-hydrogen) atoms. The van der Waals surface area contributed by atoms with E-state index in [1.54, 1.807) is 57.3 Å².